The van der Waals surface area contributed by atoms with E-state index in [1.54, 1.807) is 19.1 Å². The smallest absolute Gasteiger partial charge is 0.351 e. The minimum absolute atomic E-state index is 0.0635. The van der Waals surface area contributed by atoms with Gasteiger partial charge in [0.25, 0.3) is 0 Å². The van der Waals surface area contributed by atoms with Gasteiger partial charge in [-0.3, -0.25) is 4.79 Å². The molecular weight excluding hydrogens is 397 g/mol. The molecule has 2 aromatic rings. The fourth-order valence-corrected chi connectivity index (χ4v) is 3.69. The largest absolute Gasteiger partial charge is 0.405 e. The summed E-state index contributed by atoms with van der Waals surface area (Å²) in [5.74, 6) is -0.208. The van der Waals surface area contributed by atoms with Gasteiger partial charge in [0.05, 0.1) is 5.25 Å². The van der Waals surface area contributed by atoms with Crippen LogP contribution < -0.4 is 10.6 Å². The number of nitrogens with one attached hydrogen (secondary N) is 2. The molecule has 0 saturated carbocycles. The Morgan fingerprint density at radius 3 is 2.64 bits per heavy atom. The molecule has 0 aliphatic rings. The van der Waals surface area contributed by atoms with Crippen molar-refractivity contribution in [2.24, 2.45) is 0 Å². The predicted octanol–water partition coefficient (Wildman–Crippen LogP) is 3.96. The number of amides is 1. The zero-order chi connectivity index (χ0) is 18.4. The Hall–Kier alpha value is -1.52. The summed E-state index contributed by atoms with van der Waals surface area (Å²) in [6.07, 6.45) is -4.33. The molecule has 25 heavy (non-hydrogen) atoms. The van der Waals surface area contributed by atoms with Crippen molar-refractivity contribution in [3.05, 3.63) is 34.9 Å². The van der Waals surface area contributed by atoms with E-state index in [9.17, 15) is 18.0 Å². The van der Waals surface area contributed by atoms with Gasteiger partial charge in [-0.25, -0.2) is 0 Å². The normalized spacial score (nSPS) is 12.7. The number of hydrogen-bond donors (Lipinski definition) is 2. The fourth-order valence-electron chi connectivity index (χ4n) is 1.64. The predicted molar refractivity (Wildman–Crippen MR) is 93.1 cm³/mol. The number of carbonyl (C=O) groups excluding carboxylic acids is 1. The summed E-state index contributed by atoms with van der Waals surface area (Å²) in [6, 6.07) is 7.09. The van der Waals surface area contributed by atoms with Crippen LogP contribution in [-0.4, -0.2) is 34.1 Å². The van der Waals surface area contributed by atoms with Crippen LogP contribution in [0.25, 0.3) is 0 Å². The SMILES string of the molecule is CC(Sc1nnc(NCC(F)(F)F)s1)C(=O)NCc1ccc(Cl)cc1. The standard InChI is InChI=1S/C14H14ClF3N4OS2/c1-8(11(23)19-6-9-2-4-10(15)5-3-9)24-13-22-21-12(25-13)20-7-14(16,17)18/h2-5,8H,6-7H2,1H3,(H,19,23)(H,20,21). The van der Waals surface area contributed by atoms with Crippen LogP contribution in [0.2, 0.25) is 5.02 Å². The van der Waals surface area contributed by atoms with E-state index in [4.69, 9.17) is 11.6 Å². The van der Waals surface area contributed by atoms with E-state index >= 15 is 0 Å². The van der Waals surface area contributed by atoms with Gasteiger partial charge in [0.15, 0.2) is 4.34 Å². The lowest BCUT2D eigenvalue weighted by Gasteiger charge is -2.10. The van der Waals surface area contributed by atoms with Gasteiger partial charge in [-0.15, -0.1) is 10.2 Å². The summed E-state index contributed by atoms with van der Waals surface area (Å²) >= 11 is 7.90. The second-order valence-corrected chi connectivity index (χ2v) is 7.95. The lowest BCUT2D eigenvalue weighted by molar-refractivity contribution is -0.120. The number of rotatable bonds is 7. The minimum atomic E-state index is -4.33. The topological polar surface area (TPSA) is 66.9 Å². The monoisotopic (exact) mass is 410 g/mol. The Kier molecular flexibility index (Phi) is 6.91. The number of carbonyl (C=O) groups is 1. The minimum Gasteiger partial charge on any atom is -0.351 e. The van der Waals surface area contributed by atoms with Gasteiger partial charge < -0.3 is 10.6 Å². The maximum absolute atomic E-state index is 12.1. The molecule has 0 aliphatic carbocycles. The van der Waals surface area contributed by atoms with Crippen molar-refractivity contribution >= 4 is 45.7 Å². The molecular formula is C14H14ClF3N4OS2. The summed E-state index contributed by atoms with van der Waals surface area (Å²) in [5, 5.41) is 12.6. The number of hydrogen-bond acceptors (Lipinski definition) is 6. The van der Waals surface area contributed by atoms with Crippen molar-refractivity contribution in [3.8, 4) is 0 Å². The molecule has 0 fully saturated rings. The van der Waals surface area contributed by atoms with Crippen LogP contribution in [0.15, 0.2) is 28.6 Å². The van der Waals surface area contributed by atoms with Gasteiger partial charge in [0, 0.05) is 11.6 Å². The number of thioether (sulfide) groups is 1. The summed E-state index contributed by atoms with van der Waals surface area (Å²) in [6.45, 7) is 0.866. The molecule has 0 saturated heterocycles. The third kappa shape index (κ3) is 7.09. The average molecular weight is 411 g/mol. The Morgan fingerprint density at radius 2 is 2.00 bits per heavy atom. The molecule has 0 radical (unpaired) electrons. The van der Waals surface area contributed by atoms with E-state index in [1.807, 2.05) is 12.1 Å². The molecule has 2 N–H and O–H groups in total. The van der Waals surface area contributed by atoms with Crippen molar-refractivity contribution in [3.63, 3.8) is 0 Å². The molecule has 1 amide bonds. The molecule has 1 aromatic heterocycles. The number of anilines is 1. The molecule has 1 aromatic carbocycles. The quantitative estimate of drug-likeness (QED) is 0.676. The molecule has 5 nitrogen and oxygen atoms in total. The first-order valence-corrected chi connectivity index (χ1v) is 9.13. The molecule has 136 valence electrons. The first-order valence-electron chi connectivity index (χ1n) is 7.06. The summed E-state index contributed by atoms with van der Waals surface area (Å²) in [7, 11) is 0. The van der Waals surface area contributed by atoms with E-state index in [-0.39, 0.29) is 11.0 Å². The first kappa shape index (κ1) is 19.8. The maximum Gasteiger partial charge on any atom is 0.405 e. The second kappa shape index (κ2) is 8.72. The van der Waals surface area contributed by atoms with E-state index in [0.717, 1.165) is 28.7 Å². The lowest BCUT2D eigenvalue weighted by atomic mass is 10.2. The van der Waals surface area contributed by atoms with Crippen molar-refractivity contribution in [1.82, 2.24) is 15.5 Å². The Morgan fingerprint density at radius 1 is 1.32 bits per heavy atom. The lowest BCUT2D eigenvalue weighted by Crippen LogP contribution is -2.30. The van der Waals surface area contributed by atoms with Gasteiger partial charge in [-0.2, -0.15) is 13.2 Å². The van der Waals surface area contributed by atoms with Crippen LogP contribution in [0.4, 0.5) is 18.3 Å². The number of aromatic nitrogens is 2. The number of benzene rings is 1. The Labute approximate surface area is 155 Å². The molecule has 11 heteroatoms. The molecule has 1 atom stereocenters. The highest BCUT2D eigenvalue weighted by Gasteiger charge is 2.27. The Bertz CT molecular complexity index is 709. The van der Waals surface area contributed by atoms with E-state index in [0.29, 0.717) is 15.9 Å². The molecule has 1 heterocycles. The van der Waals surface area contributed by atoms with Crippen LogP contribution in [0.1, 0.15) is 12.5 Å². The number of alkyl halides is 3. The van der Waals surface area contributed by atoms with Crippen LogP contribution in [0.5, 0.6) is 0 Å². The average Bonchev–Trinajstić information content (AvgIpc) is 2.99. The van der Waals surface area contributed by atoms with Crippen molar-refractivity contribution in [2.75, 3.05) is 11.9 Å². The zero-order valence-electron chi connectivity index (χ0n) is 12.9. The van der Waals surface area contributed by atoms with Crippen molar-refractivity contribution < 1.29 is 18.0 Å². The number of nitrogens with zero attached hydrogens (tertiary/aromatic N) is 2. The molecule has 1 unspecified atom stereocenters. The third-order valence-electron chi connectivity index (χ3n) is 2.87. The summed E-state index contributed by atoms with van der Waals surface area (Å²) in [4.78, 5) is 12.1. The van der Waals surface area contributed by atoms with Gasteiger partial charge >= 0.3 is 6.18 Å². The highest BCUT2D eigenvalue weighted by atomic mass is 35.5. The summed E-state index contributed by atoms with van der Waals surface area (Å²) < 4.78 is 36.8. The highest BCUT2D eigenvalue weighted by Crippen LogP contribution is 2.29. The van der Waals surface area contributed by atoms with Crippen molar-refractivity contribution in [2.45, 2.75) is 29.2 Å². The van der Waals surface area contributed by atoms with E-state index in [2.05, 4.69) is 20.8 Å². The second-order valence-electron chi connectivity index (χ2n) is 4.95. The van der Waals surface area contributed by atoms with Gasteiger partial charge in [0.2, 0.25) is 11.0 Å². The summed E-state index contributed by atoms with van der Waals surface area (Å²) in [5.41, 5.74) is 0.907. The molecule has 0 aliphatic heterocycles. The molecule has 0 bridgehead atoms. The van der Waals surface area contributed by atoms with Crippen LogP contribution in [0.3, 0.4) is 0 Å². The van der Waals surface area contributed by atoms with Crippen LogP contribution in [0, 0.1) is 0 Å². The first-order chi connectivity index (χ1) is 11.7. The van der Waals surface area contributed by atoms with Crippen LogP contribution >= 0.6 is 34.7 Å². The maximum atomic E-state index is 12.1. The zero-order valence-corrected chi connectivity index (χ0v) is 15.3. The highest BCUT2D eigenvalue weighted by molar-refractivity contribution is 8.02. The third-order valence-corrected chi connectivity index (χ3v) is 5.19. The van der Waals surface area contributed by atoms with Crippen molar-refractivity contribution in [1.29, 1.82) is 0 Å². The van der Waals surface area contributed by atoms with Gasteiger partial charge in [-0.05, 0) is 24.6 Å². The van der Waals surface area contributed by atoms with E-state index in [1.165, 1.54) is 0 Å². The molecule has 2 rings (SSSR count). The number of halogens is 4. The van der Waals surface area contributed by atoms with Gasteiger partial charge in [-0.1, -0.05) is 46.8 Å². The fraction of sp³-hybridized carbons (Fsp3) is 0.357. The Balaban J connectivity index is 1.80. The van der Waals surface area contributed by atoms with E-state index < -0.39 is 18.0 Å². The van der Waals surface area contributed by atoms with Crippen LogP contribution in [-0.2, 0) is 11.3 Å². The molecule has 0 spiro atoms. The van der Waals surface area contributed by atoms with Gasteiger partial charge in [0.1, 0.15) is 6.54 Å².